The van der Waals surface area contributed by atoms with Crippen LogP contribution in [0, 0.1) is 0 Å². The van der Waals surface area contributed by atoms with Crippen LogP contribution in [0.3, 0.4) is 0 Å². The second-order valence-electron chi connectivity index (χ2n) is 4.55. The van der Waals surface area contributed by atoms with E-state index in [9.17, 15) is 9.59 Å². The molecule has 0 aromatic heterocycles. The van der Waals surface area contributed by atoms with Gasteiger partial charge in [-0.1, -0.05) is 18.2 Å². The molecular weight excluding hydrogens is 242 g/mol. The number of hydrogen-bond acceptors (Lipinski definition) is 3. The molecule has 0 unspecified atom stereocenters. The first kappa shape index (κ1) is 13.4. The molecule has 1 aromatic rings. The van der Waals surface area contributed by atoms with Gasteiger partial charge >= 0.3 is 0 Å². The van der Waals surface area contributed by atoms with Gasteiger partial charge in [-0.3, -0.25) is 9.59 Å². The number of amides is 2. The quantitative estimate of drug-likeness (QED) is 0.729. The zero-order chi connectivity index (χ0) is 13.7. The Morgan fingerprint density at radius 2 is 2.11 bits per heavy atom. The summed E-state index contributed by atoms with van der Waals surface area (Å²) in [5.41, 5.74) is 2.18. The molecule has 1 aromatic carbocycles. The number of para-hydroxylation sites is 1. The molecule has 2 amide bonds. The Morgan fingerprint density at radius 3 is 2.84 bits per heavy atom. The van der Waals surface area contributed by atoms with Gasteiger partial charge in [0.1, 0.15) is 6.04 Å². The fraction of sp³-hybridized carbons (Fsp3) is 0.429. The largest absolute Gasteiger partial charge is 0.373 e. The maximum absolute atomic E-state index is 11.9. The van der Waals surface area contributed by atoms with E-state index in [0.29, 0.717) is 25.9 Å². The van der Waals surface area contributed by atoms with Gasteiger partial charge in [-0.25, -0.2) is 0 Å². The normalized spacial score (nSPS) is 16.4. The van der Waals surface area contributed by atoms with Gasteiger partial charge in [0.25, 0.3) is 0 Å². The molecule has 5 heteroatoms. The van der Waals surface area contributed by atoms with Gasteiger partial charge in [0.05, 0.1) is 0 Å². The number of fused-ring (bicyclic) bond motifs is 1. The predicted octanol–water partition coefficient (Wildman–Crippen LogP) is 0.666. The molecule has 0 bridgehead atoms. The third-order valence-corrected chi connectivity index (χ3v) is 3.11. The maximum Gasteiger partial charge on any atom is 0.242 e. The third-order valence-electron chi connectivity index (χ3n) is 3.11. The Kier molecular flexibility index (Phi) is 4.39. The van der Waals surface area contributed by atoms with E-state index in [1.54, 1.807) is 0 Å². The molecule has 3 N–H and O–H groups in total. The molecule has 0 radical (unpaired) electrons. The molecule has 1 atom stereocenters. The summed E-state index contributed by atoms with van der Waals surface area (Å²) in [5, 5.41) is 8.67. The van der Waals surface area contributed by atoms with Gasteiger partial charge in [0, 0.05) is 31.6 Å². The Hall–Kier alpha value is -2.04. The minimum atomic E-state index is -0.230. The molecule has 1 aliphatic rings. The van der Waals surface area contributed by atoms with Gasteiger partial charge in [-0.2, -0.15) is 0 Å². The summed E-state index contributed by atoms with van der Waals surface area (Å²) in [5.74, 6) is -0.0917. The molecule has 0 saturated carbocycles. The number of carbonyl (C=O) groups excluding carboxylic acids is 2. The van der Waals surface area contributed by atoms with Crippen LogP contribution in [0.4, 0.5) is 5.69 Å². The lowest BCUT2D eigenvalue weighted by Crippen LogP contribution is -2.40. The summed E-state index contributed by atoms with van der Waals surface area (Å²) in [6.45, 7) is 2.86. The lowest BCUT2D eigenvalue weighted by molar-refractivity contribution is -0.122. The van der Waals surface area contributed by atoms with Crippen LogP contribution in [0.2, 0.25) is 0 Å². The van der Waals surface area contributed by atoms with Crippen LogP contribution in [0.5, 0.6) is 0 Å². The summed E-state index contributed by atoms with van der Waals surface area (Å²) in [6.07, 6.45) is 1.02. The fourth-order valence-corrected chi connectivity index (χ4v) is 2.16. The van der Waals surface area contributed by atoms with Crippen molar-refractivity contribution in [3.63, 3.8) is 0 Å². The maximum atomic E-state index is 11.9. The van der Waals surface area contributed by atoms with Crippen molar-refractivity contribution in [2.24, 2.45) is 0 Å². The molecule has 0 fully saturated rings. The van der Waals surface area contributed by atoms with E-state index < -0.39 is 0 Å². The number of hydrogen-bond donors (Lipinski definition) is 3. The van der Waals surface area contributed by atoms with Crippen molar-refractivity contribution < 1.29 is 9.59 Å². The van der Waals surface area contributed by atoms with Gasteiger partial charge in [0.2, 0.25) is 11.8 Å². The summed E-state index contributed by atoms with van der Waals surface area (Å²) in [7, 11) is 0. The first-order chi connectivity index (χ1) is 9.20. The van der Waals surface area contributed by atoms with Crippen molar-refractivity contribution >= 4 is 17.5 Å². The SMILES string of the molecule is CCNC(=O)CCNC(=O)[C@@H]1Cc2ccccc2N1. The van der Waals surface area contributed by atoms with E-state index in [1.807, 2.05) is 31.2 Å². The van der Waals surface area contributed by atoms with Gasteiger partial charge in [-0.15, -0.1) is 0 Å². The highest BCUT2D eigenvalue weighted by Crippen LogP contribution is 2.24. The Bertz CT molecular complexity index is 449. The summed E-state index contributed by atoms with van der Waals surface area (Å²) >= 11 is 0. The average molecular weight is 261 g/mol. The van der Waals surface area contributed by atoms with Crippen LogP contribution in [-0.4, -0.2) is 30.9 Å². The lowest BCUT2D eigenvalue weighted by atomic mass is 10.1. The third kappa shape index (κ3) is 3.47. The summed E-state index contributed by atoms with van der Waals surface area (Å²) < 4.78 is 0. The molecule has 0 aliphatic carbocycles. The van der Waals surface area contributed by atoms with Crippen molar-refractivity contribution in [3.8, 4) is 0 Å². The number of rotatable bonds is 5. The summed E-state index contributed by atoms with van der Waals surface area (Å²) in [6, 6.07) is 7.67. The zero-order valence-corrected chi connectivity index (χ0v) is 11.0. The number of carbonyl (C=O) groups is 2. The highest BCUT2D eigenvalue weighted by molar-refractivity contribution is 5.87. The Morgan fingerprint density at radius 1 is 1.32 bits per heavy atom. The predicted molar refractivity (Wildman–Crippen MR) is 73.9 cm³/mol. The zero-order valence-electron chi connectivity index (χ0n) is 11.0. The molecule has 19 heavy (non-hydrogen) atoms. The van der Waals surface area contributed by atoms with E-state index in [2.05, 4.69) is 16.0 Å². The van der Waals surface area contributed by atoms with Crippen LogP contribution < -0.4 is 16.0 Å². The molecule has 0 saturated heterocycles. The summed E-state index contributed by atoms with van der Waals surface area (Å²) in [4.78, 5) is 23.2. The van der Waals surface area contributed by atoms with Crippen molar-refractivity contribution in [2.75, 3.05) is 18.4 Å². The van der Waals surface area contributed by atoms with Crippen molar-refractivity contribution in [1.82, 2.24) is 10.6 Å². The average Bonchev–Trinajstić information content (AvgIpc) is 2.82. The first-order valence-electron chi connectivity index (χ1n) is 6.59. The Balaban J connectivity index is 1.76. The monoisotopic (exact) mass is 261 g/mol. The second-order valence-corrected chi connectivity index (χ2v) is 4.55. The van der Waals surface area contributed by atoms with Crippen LogP contribution in [0.15, 0.2) is 24.3 Å². The van der Waals surface area contributed by atoms with Gasteiger partial charge in [-0.05, 0) is 18.6 Å². The minimum Gasteiger partial charge on any atom is -0.373 e. The Labute approximate surface area is 112 Å². The van der Waals surface area contributed by atoms with E-state index in [-0.39, 0.29) is 17.9 Å². The molecule has 5 nitrogen and oxygen atoms in total. The molecule has 1 aliphatic heterocycles. The minimum absolute atomic E-state index is 0.0366. The lowest BCUT2D eigenvalue weighted by Gasteiger charge is -2.11. The van der Waals surface area contributed by atoms with E-state index in [0.717, 1.165) is 11.3 Å². The van der Waals surface area contributed by atoms with Gasteiger partial charge < -0.3 is 16.0 Å². The topological polar surface area (TPSA) is 70.2 Å². The highest BCUT2D eigenvalue weighted by Gasteiger charge is 2.25. The first-order valence-corrected chi connectivity index (χ1v) is 6.59. The molecular formula is C14H19N3O2. The molecule has 2 rings (SSSR count). The van der Waals surface area contributed by atoms with E-state index in [4.69, 9.17) is 0 Å². The van der Waals surface area contributed by atoms with Crippen molar-refractivity contribution in [3.05, 3.63) is 29.8 Å². The number of anilines is 1. The van der Waals surface area contributed by atoms with Crippen molar-refractivity contribution in [2.45, 2.75) is 25.8 Å². The number of nitrogens with one attached hydrogen (secondary N) is 3. The molecule has 102 valence electrons. The van der Waals surface area contributed by atoms with E-state index >= 15 is 0 Å². The van der Waals surface area contributed by atoms with Crippen LogP contribution in [0.1, 0.15) is 18.9 Å². The smallest absolute Gasteiger partial charge is 0.242 e. The van der Waals surface area contributed by atoms with Crippen LogP contribution in [0.25, 0.3) is 0 Å². The van der Waals surface area contributed by atoms with Gasteiger partial charge in [0.15, 0.2) is 0 Å². The molecule has 0 spiro atoms. The van der Waals surface area contributed by atoms with Crippen LogP contribution in [-0.2, 0) is 16.0 Å². The highest BCUT2D eigenvalue weighted by atomic mass is 16.2. The van der Waals surface area contributed by atoms with Crippen LogP contribution >= 0.6 is 0 Å². The van der Waals surface area contributed by atoms with E-state index in [1.165, 1.54) is 0 Å². The second kappa shape index (κ2) is 6.22. The van der Waals surface area contributed by atoms with Crippen molar-refractivity contribution in [1.29, 1.82) is 0 Å². The number of benzene rings is 1. The fourth-order valence-electron chi connectivity index (χ4n) is 2.16. The standard InChI is InChI=1S/C14H19N3O2/c1-2-15-13(18)7-8-16-14(19)12-9-10-5-3-4-6-11(10)17-12/h3-6,12,17H,2,7-9H2,1H3,(H,15,18)(H,16,19)/t12-/m0/s1. The molecule has 1 heterocycles.